The molecule has 0 radical (unpaired) electrons. The summed E-state index contributed by atoms with van der Waals surface area (Å²) in [5.41, 5.74) is 27.8. The van der Waals surface area contributed by atoms with E-state index in [0.717, 1.165) is 137 Å². The quantitative estimate of drug-likeness (QED) is 0.0353. The van der Waals surface area contributed by atoms with Gasteiger partial charge in [-0.05, 0) is 214 Å². The van der Waals surface area contributed by atoms with Gasteiger partial charge in [-0.1, -0.05) is 208 Å². The molecule has 5 amide bonds. The maximum absolute atomic E-state index is 14.1. The monoisotopic (exact) mass is 1970 g/mol. The number of aliphatic hydroxyl groups is 1. The highest BCUT2D eigenvalue weighted by atomic mass is 19.1. The Morgan fingerprint density at radius 1 is 0.444 bits per heavy atom. The highest BCUT2D eigenvalue weighted by Gasteiger charge is 2.28. The number of imidazole rings is 1. The molecule has 1 unspecified atom stereocenters. The van der Waals surface area contributed by atoms with Gasteiger partial charge in [0.05, 0.1) is 34.5 Å². The lowest BCUT2D eigenvalue weighted by Crippen LogP contribution is -2.44. The number of nitrogens with two attached hydrogens (primary N) is 1. The molecule has 776 valence electrons. The fourth-order valence-corrected chi connectivity index (χ4v) is 17.9. The van der Waals surface area contributed by atoms with Crippen molar-refractivity contribution in [1.82, 2.24) is 51.4 Å². The minimum absolute atomic E-state index is 0.00639. The number of hydrogen-bond acceptors (Lipinski definition) is 18. The van der Waals surface area contributed by atoms with Crippen LogP contribution in [-0.2, 0) is 20.9 Å². The van der Waals surface area contributed by atoms with Gasteiger partial charge in [0.15, 0.2) is 0 Å². The molecule has 1 aromatic heterocycles. The van der Waals surface area contributed by atoms with E-state index in [1.165, 1.54) is 68.1 Å². The lowest BCUT2D eigenvalue weighted by Gasteiger charge is -2.31. The smallest absolute Gasteiger partial charge is 0.253 e. The van der Waals surface area contributed by atoms with Crippen molar-refractivity contribution in [2.45, 2.75) is 197 Å². The summed E-state index contributed by atoms with van der Waals surface area (Å²) in [5.74, 6) is 2.28. The van der Waals surface area contributed by atoms with Gasteiger partial charge in [-0.3, -0.25) is 29.0 Å². The van der Waals surface area contributed by atoms with Crippen LogP contribution in [0, 0.1) is 24.4 Å². The molecule has 9 aromatic carbocycles. The number of aryl methyl sites for hydroxylation is 1. The molecule has 0 bridgehead atoms. The van der Waals surface area contributed by atoms with Crippen molar-refractivity contribution in [3.8, 4) is 5.69 Å². The average Bonchev–Trinajstić information content (AvgIpc) is 1.60. The van der Waals surface area contributed by atoms with E-state index in [9.17, 15) is 37.1 Å². The molecule has 0 saturated carbocycles. The second kappa shape index (κ2) is 56.6. The van der Waals surface area contributed by atoms with E-state index in [1.54, 1.807) is 15.9 Å². The molecule has 0 aliphatic carbocycles. The number of rotatable bonds is 20. The molecule has 9 N–H and O–H groups in total. The van der Waals surface area contributed by atoms with E-state index in [4.69, 9.17) is 10.8 Å². The summed E-state index contributed by atoms with van der Waals surface area (Å²) < 4.78 is 44.3. The Morgan fingerprint density at radius 3 is 1.38 bits per heavy atom. The molecule has 144 heavy (non-hydrogen) atoms. The van der Waals surface area contributed by atoms with Crippen LogP contribution in [0.15, 0.2) is 206 Å². The van der Waals surface area contributed by atoms with E-state index in [1.807, 2.05) is 130 Å². The SMILES string of the molecule is CC(C)c1cc(F)c(N2CCNC(=O)CC2)c(F)c1.CC(C)c1ccc(C2C=NN(C)C2)cc1.CC(C)c1ccc(N2CCCN(C(=O)CO)CC2)cc1.CC(C)c1ccc(N2CCNC(=O)CC2)c(F)c1.CC(C)c1ccc(N2CCNC(=O)c3ccccc32)cc1.CC(C)c1ccc(N2CCNCC2)c(C(N)=O)c1.CNCc1cc(C(C)C)ccc1N1CCNCC1.Cc1cn(-c2ccc(C(C)C)cc2)cn1. The van der Waals surface area contributed by atoms with E-state index in [-0.39, 0.29) is 60.0 Å². The fraction of sp³-hybridized carbons (Fsp3) is 0.462. The summed E-state index contributed by atoms with van der Waals surface area (Å²) in [7, 11) is 4.03. The van der Waals surface area contributed by atoms with Crippen LogP contribution in [0.1, 0.15) is 265 Å². The zero-order valence-electron chi connectivity index (χ0n) is 88.8. The van der Waals surface area contributed by atoms with Gasteiger partial charge in [-0.25, -0.2) is 18.2 Å². The third-order valence-corrected chi connectivity index (χ3v) is 27.0. The Hall–Kier alpha value is -12.6. The summed E-state index contributed by atoms with van der Waals surface area (Å²) in [5, 5.41) is 33.6. The van der Waals surface area contributed by atoms with Crippen LogP contribution in [0.5, 0.6) is 0 Å². The Morgan fingerprint density at radius 2 is 0.889 bits per heavy atom. The number of carbonyl (C=O) groups excluding carboxylic acids is 5. The van der Waals surface area contributed by atoms with Crippen LogP contribution in [0.3, 0.4) is 0 Å². The van der Waals surface area contributed by atoms with Crippen molar-refractivity contribution >= 4 is 75.6 Å². The van der Waals surface area contributed by atoms with Gasteiger partial charge >= 0.3 is 0 Å². The third-order valence-electron chi connectivity index (χ3n) is 27.0. The number of carbonyl (C=O) groups is 5. The van der Waals surface area contributed by atoms with Crippen molar-refractivity contribution in [3.63, 3.8) is 0 Å². The van der Waals surface area contributed by atoms with Crippen LogP contribution in [0.2, 0.25) is 0 Å². The van der Waals surface area contributed by atoms with Crippen molar-refractivity contribution in [2.75, 3.05) is 188 Å². The van der Waals surface area contributed by atoms with Crippen LogP contribution >= 0.6 is 0 Å². The number of nitrogens with one attached hydrogen (secondary N) is 6. The van der Waals surface area contributed by atoms with Gasteiger partial charge in [0.25, 0.3) is 11.8 Å². The van der Waals surface area contributed by atoms with Crippen LogP contribution in [0.4, 0.5) is 53.0 Å². The molecule has 27 heteroatoms. The number of aromatic nitrogens is 2. The number of nitrogens with zero attached hydrogens (tertiary/aromatic N) is 11. The number of aliphatic hydroxyl groups excluding tert-OH is 1. The van der Waals surface area contributed by atoms with E-state index < -0.39 is 11.6 Å². The molecular weight excluding hydrogens is 1810 g/mol. The van der Waals surface area contributed by atoms with Gasteiger partial charge in [-0.2, -0.15) is 5.10 Å². The molecule has 24 nitrogen and oxygen atoms in total. The van der Waals surface area contributed by atoms with Gasteiger partial charge in [-0.15, -0.1) is 0 Å². The number of anilines is 7. The number of primary amides is 1. The Kier molecular flexibility index (Phi) is 44.6. The van der Waals surface area contributed by atoms with Gasteiger partial charge in [0.2, 0.25) is 17.7 Å². The van der Waals surface area contributed by atoms with Crippen molar-refractivity contribution in [2.24, 2.45) is 10.8 Å². The number of fused-ring (bicyclic) bond motifs is 1. The predicted octanol–water partition coefficient (Wildman–Crippen LogP) is 19.6. The van der Waals surface area contributed by atoms with E-state index in [0.29, 0.717) is 123 Å². The first-order chi connectivity index (χ1) is 69.0. The summed E-state index contributed by atoms with van der Waals surface area (Å²) in [6.45, 7) is 53.5. The number of hydrogen-bond donors (Lipinski definition) is 8. The molecule has 17 rings (SSSR count). The maximum Gasteiger partial charge on any atom is 0.253 e. The lowest BCUT2D eigenvalue weighted by molar-refractivity contribution is -0.134. The first-order valence-corrected chi connectivity index (χ1v) is 51.9. The normalized spacial score (nSPS) is 16.0. The highest BCUT2D eigenvalue weighted by molar-refractivity contribution is 6.01. The summed E-state index contributed by atoms with van der Waals surface area (Å²) >= 11 is 0. The first kappa shape index (κ1) is 113. The van der Waals surface area contributed by atoms with Crippen LogP contribution in [0.25, 0.3) is 5.69 Å². The van der Waals surface area contributed by atoms with Crippen LogP contribution < -0.4 is 67.0 Å². The Labute approximate surface area is 855 Å². The topological polar surface area (TPSA) is 260 Å². The van der Waals surface area contributed by atoms with Crippen molar-refractivity contribution < 1.29 is 42.3 Å². The van der Waals surface area contributed by atoms with Gasteiger partial charge in [0.1, 0.15) is 29.7 Å². The molecule has 5 saturated heterocycles. The molecule has 7 aliphatic rings. The number of amides is 5. The minimum atomic E-state index is -0.557. The Balaban J connectivity index is 0.000000169. The lowest BCUT2D eigenvalue weighted by atomic mass is 9.96. The molecule has 8 heterocycles. The van der Waals surface area contributed by atoms with Gasteiger partial charge in [0, 0.05) is 211 Å². The summed E-state index contributed by atoms with van der Waals surface area (Å²) in [4.78, 5) is 76.5. The third kappa shape index (κ3) is 33.8. The highest BCUT2D eigenvalue weighted by Crippen LogP contribution is 2.36. The molecule has 5 fully saturated rings. The standard InChI is InChI=1S/C18H20N2O.C16H24N2O2.C15H25N3.C14H18F2N2O.C14H19FN2O.C14H21N3O.C13H18N2.C13H16N2/c1-13(2)14-7-9-15(10-8-14)20-12-11-19-18(21)16-5-3-4-6-17(16)20;1-13(2)14-4-6-15(7-5-14)17-8-3-9-18(11-10-17)16(20)12-19;1-12(2)13-4-5-15(14(10-13)11-16-3)18-8-6-17-7-9-18;1-9(2)10-7-11(15)14(12(16)8-10)18-5-3-13(19)17-4-6-18;1-10(2)11-3-4-13(12(15)9-11)17-7-5-14(18)16-6-8-17;1-10(2)11-3-4-13(12(9-11)14(15)18)17-7-5-16-6-8-17;1-10(2)11-4-6-12(7-5-11)13-8-14-15(3)9-13;1-10(2)12-4-6-13(7-5-12)15-8-11(3)14-9-15/h3-10,13H,11-12H2,1-2H3,(H,19,21);4-7,13,19H,3,8-12H2,1-2H3;4-5,10,12,16-17H,6-9,11H2,1-3H3;7-9H,3-6H2,1-2H3,(H,17,19);3-4,9-10H,5-8H2,1-2H3,(H,16,18);3-4,9-10,16H,5-8H2,1-2H3,(H2,15,18);4-8,10,13H,9H2,1-3H3;4-10H,1-3H3. The van der Waals surface area contributed by atoms with Crippen molar-refractivity contribution in [3.05, 3.63) is 290 Å². The number of halogens is 3. The van der Waals surface area contributed by atoms with E-state index >= 15 is 0 Å². The largest absolute Gasteiger partial charge is 0.387 e. The summed E-state index contributed by atoms with van der Waals surface area (Å²) in [6.07, 6.45) is 7.53. The maximum atomic E-state index is 14.1. The van der Waals surface area contributed by atoms with Gasteiger partial charge < -0.3 is 81.6 Å². The minimum Gasteiger partial charge on any atom is -0.387 e. The van der Waals surface area contributed by atoms with E-state index in [2.05, 4.69) is 266 Å². The average molecular weight is 1970 g/mol. The van der Waals surface area contributed by atoms with Crippen molar-refractivity contribution in [1.29, 1.82) is 0 Å². The summed E-state index contributed by atoms with van der Waals surface area (Å²) in [6, 6.07) is 63.8. The molecule has 10 aromatic rings. The number of para-hydroxylation sites is 1. The molecule has 7 aliphatic heterocycles. The number of hydrazone groups is 1. The zero-order valence-corrected chi connectivity index (χ0v) is 88.8. The molecular formula is C117H161F3N18O6. The zero-order chi connectivity index (χ0) is 104. The Bertz CT molecular complexity index is 5700. The molecule has 0 spiro atoms. The predicted molar refractivity (Wildman–Crippen MR) is 587 cm³/mol. The molecule has 1 atom stereocenters. The first-order valence-electron chi connectivity index (χ1n) is 51.9. The number of benzene rings is 9. The fourth-order valence-electron chi connectivity index (χ4n) is 17.9. The second-order valence-corrected chi connectivity index (χ2v) is 40.4. The van der Waals surface area contributed by atoms with Crippen LogP contribution in [-0.4, -0.2) is 218 Å². The second-order valence-electron chi connectivity index (χ2n) is 40.4. The number of likely N-dealkylation sites (N-methyl/N-ethyl adjacent to an activating group) is 1. The number of piperazine rings is 2.